The maximum absolute atomic E-state index is 12.3. The van der Waals surface area contributed by atoms with Gasteiger partial charge in [0.2, 0.25) is 0 Å². The van der Waals surface area contributed by atoms with E-state index in [9.17, 15) is 4.79 Å². The van der Waals surface area contributed by atoms with Gasteiger partial charge >= 0.3 is 0 Å². The topological polar surface area (TPSA) is 72.9 Å². The van der Waals surface area contributed by atoms with E-state index in [0.717, 1.165) is 0 Å². The van der Waals surface area contributed by atoms with E-state index in [-0.39, 0.29) is 18.5 Å². The van der Waals surface area contributed by atoms with Gasteiger partial charge in [-0.3, -0.25) is 9.48 Å². The Bertz CT molecular complexity index is 652. The molecule has 5 nitrogen and oxygen atoms in total. The molecule has 0 fully saturated rings. The smallest absolute Gasteiger partial charge is 0.252 e. The van der Waals surface area contributed by atoms with Crippen molar-refractivity contribution in [2.75, 3.05) is 6.54 Å². The van der Waals surface area contributed by atoms with Gasteiger partial charge in [-0.05, 0) is 25.1 Å². The number of hydrogen-bond donors (Lipinski definition) is 2. The molecule has 2 rings (SSSR count). The van der Waals surface area contributed by atoms with Crippen molar-refractivity contribution in [1.29, 1.82) is 0 Å². The van der Waals surface area contributed by atoms with Crippen LogP contribution in [0.3, 0.4) is 0 Å². The number of rotatable bonds is 4. The summed E-state index contributed by atoms with van der Waals surface area (Å²) in [7, 11) is 0. The summed E-state index contributed by atoms with van der Waals surface area (Å²) in [4.78, 5) is 12.3. The van der Waals surface area contributed by atoms with Gasteiger partial charge in [0.1, 0.15) is 0 Å². The Balaban J connectivity index is 2.06. The van der Waals surface area contributed by atoms with Gasteiger partial charge in [-0.15, -0.1) is 0 Å². The van der Waals surface area contributed by atoms with Gasteiger partial charge in [0.05, 0.1) is 18.7 Å². The molecule has 0 saturated carbocycles. The largest absolute Gasteiger partial charge is 0.348 e. The highest BCUT2D eigenvalue weighted by Crippen LogP contribution is 2.07. The molecule has 1 aromatic heterocycles. The third-order valence-electron chi connectivity index (χ3n) is 2.89. The van der Waals surface area contributed by atoms with Gasteiger partial charge in [-0.2, -0.15) is 5.10 Å². The molecule has 5 heteroatoms. The highest BCUT2D eigenvalue weighted by Gasteiger charge is 2.13. The molecule has 0 bridgehead atoms. The average molecular weight is 282 g/mol. The lowest BCUT2D eigenvalue weighted by atomic mass is 10.1. The third-order valence-corrected chi connectivity index (χ3v) is 2.89. The van der Waals surface area contributed by atoms with Crippen LogP contribution in [0, 0.1) is 11.8 Å². The van der Waals surface area contributed by atoms with Crippen molar-refractivity contribution in [2.45, 2.75) is 19.5 Å². The van der Waals surface area contributed by atoms with E-state index in [2.05, 4.69) is 22.3 Å². The summed E-state index contributed by atoms with van der Waals surface area (Å²) in [6.45, 7) is 2.83. The fraction of sp³-hybridized carbons (Fsp3) is 0.250. The third kappa shape index (κ3) is 4.20. The van der Waals surface area contributed by atoms with Gasteiger partial charge in [0, 0.05) is 24.0 Å². The SMILES string of the molecule is CC(Cn1cccn1)NC(=O)c1ccccc1C#CCN. The van der Waals surface area contributed by atoms with Crippen LogP contribution in [-0.2, 0) is 6.54 Å². The van der Waals surface area contributed by atoms with Crippen LogP contribution in [0.5, 0.6) is 0 Å². The first-order valence-corrected chi connectivity index (χ1v) is 6.77. The Labute approximate surface area is 124 Å². The maximum Gasteiger partial charge on any atom is 0.252 e. The van der Waals surface area contributed by atoms with Crippen molar-refractivity contribution in [2.24, 2.45) is 5.73 Å². The number of amides is 1. The van der Waals surface area contributed by atoms with Gasteiger partial charge in [0.15, 0.2) is 0 Å². The summed E-state index contributed by atoms with van der Waals surface area (Å²) in [6.07, 6.45) is 3.58. The molecule has 108 valence electrons. The Kier molecular flexibility index (Phi) is 5.13. The summed E-state index contributed by atoms with van der Waals surface area (Å²) in [6, 6.07) is 9.07. The lowest BCUT2D eigenvalue weighted by Gasteiger charge is -2.14. The summed E-state index contributed by atoms with van der Waals surface area (Å²) in [5.41, 5.74) is 6.62. The molecule has 3 N–H and O–H groups in total. The van der Waals surface area contributed by atoms with Crippen LogP contribution >= 0.6 is 0 Å². The Morgan fingerprint density at radius 3 is 2.95 bits per heavy atom. The molecule has 1 heterocycles. The second-order valence-corrected chi connectivity index (χ2v) is 4.65. The molecule has 0 aliphatic carbocycles. The van der Waals surface area contributed by atoms with Crippen LogP contribution in [0.2, 0.25) is 0 Å². The fourth-order valence-corrected chi connectivity index (χ4v) is 1.97. The van der Waals surface area contributed by atoms with Crippen molar-refractivity contribution in [3.8, 4) is 11.8 Å². The lowest BCUT2D eigenvalue weighted by molar-refractivity contribution is 0.0936. The lowest BCUT2D eigenvalue weighted by Crippen LogP contribution is -2.36. The summed E-state index contributed by atoms with van der Waals surface area (Å²) < 4.78 is 1.78. The highest BCUT2D eigenvalue weighted by atomic mass is 16.1. The molecule has 0 saturated heterocycles. The number of hydrogen-bond acceptors (Lipinski definition) is 3. The van der Waals surface area contributed by atoms with Crippen LogP contribution in [0.25, 0.3) is 0 Å². The van der Waals surface area contributed by atoms with Crippen molar-refractivity contribution in [1.82, 2.24) is 15.1 Å². The quantitative estimate of drug-likeness (QED) is 0.822. The van der Waals surface area contributed by atoms with Gasteiger partial charge in [-0.25, -0.2) is 0 Å². The molecule has 1 atom stereocenters. The van der Waals surface area contributed by atoms with Crippen LogP contribution in [-0.4, -0.2) is 28.3 Å². The first kappa shape index (κ1) is 14.8. The predicted octanol–water partition coefficient (Wildman–Crippen LogP) is 1.01. The van der Waals surface area contributed by atoms with E-state index in [4.69, 9.17) is 5.73 Å². The zero-order chi connectivity index (χ0) is 15.1. The maximum atomic E-state index is 12.3. The molecular weight excluding hydrogens is 264 g/mol. The number of benzene rings is 1. The number of nitrogens with two attached hydrogens (primary N) is 1. The minimum atomic E-state index is -0.142. The minimum Gasteiger partial charge on any atom is -0.348 e. The number of aromatic nitrogens is 2. The minimum absolute atomic E-state index is 0.0343. The standard InChI is InChI=1S/C16H18N4O/c1-13(12-20-11-5-10-18-20)19-16(21)15-8-3-2-6-14(15)7-4-9-17/h2-3,5-6,8,10-11,13H,9,12,17H2,1H3,(H,19,21). The molecule has 1 amide bonds. The number of nitrogens with one attached hydrogen (secondary N) is 1. The van der Waals surface area contributed by atoms with E-state index in [1.165, 1.54) is 0 Å². The summed E-state index contributed by atoms with van der Waals surface area (Å²) >= 11 is 0. The van der Waals surface area contributed by atoms with Crippen LogP contribution < -0.4 is 11.1 Å². The normalized spacial score (nSPS) is 11.3. The van der Waals surface area contributed by atoms with E-state index in [0.29, 0.717) is 17.7 Å². The van der Waals surface area contributed by atoms with Crippen molar-refractivity contribution in [3.63, 3.8) is 0 Å². The molecule has 0 aliphatic rings. The van der Waals surface area contributed by atoms with E-state index in [1.54, 1.807) is 16.9 Å². The van der Waals surface area contributed by atoms with Gasteiger partial charge < -0.3 is 11.1 Å². The van der Waals surface area contributed by atoms with Crippen molar-refractivity contribution >= 4 is 5.91 Å². The van der Waals surface area contributed by atoms with Crippen molar-refractivity contribution in [3.05, 3.63) is 53.9 Å². The molecule has 0 aliphatic heterocycles. The number of nitrogens with zero attached hydrogens (tertiary/aromatic N) is 2. The van der Waals surface area contributed by atoms with Crippen LogP contribution in [0.15, 0.2) is 42.7 Å². The fourth-order valence-electron chi connectivity index (χ4n) is 1.97. The molecule has 21 heavy (non-hydrogen) atoms. The predicted molar refractivity (Wildman–Crippen MR) is 81.5 cm³/mol. The molecule has 1 unspecified atom stereocenters. The summed E-state index contributed by atoms with van der Waals surface area (Å²) in [5, 5.41) is 7.08. The number of carbonyl (C=O) groups excluding carboxylic acids is 1. The van der Waals surface area contributed by atoms with E-state index >= 15 is 0 Å². The Morgan fingerprint density at radius 2 is 2.24 bits per heavy atom. The van der Waals surface area contributed by atoms with E-state index in [1.807, 2.05) is 37.4 Å². The van der Waals surface area contributed by atoms with Crippen LogP contribution in [0.1, 0.15) is 22.8 Å². The zero-order valence-electron chi connectivity index (χ0n) is 11.9. The summed E-state index contributed by atoms with van der Waals surface area (Å²) in [5.74, 6) is 5.55. The molecule has 2 aromatic rings. The first-order valence-electron chi connectivity index (χ1n) is 6.77. The second-order valence-electron chi connectivity index (χ2n) is 4.65. The Morgan fingerprint density at radius 1 is 1.43 bits per heavy atom. The highest BCUT2D eigenvalue weighted by molar-refractivity contribution is 5.96. The Hall–Kier alpha value is -2.58. The molecular formula is C16H18N4O. The van der Waals surface area contributed by atoms with Gasteiger partial charge in [-0.1, -0.05) is 24.0 Å². The molecule has 0 radical (unpaired) electrons. The molecule has 1 aromatic carbocycles. The first-order chi connectivity index (χ1) is 10.2. The monoisotopic (exact) mass is 282 g/mol. The van der Waals surface area contributed by atoms with Gasteiger partial charge in [0.25, 0.3) is 5.91 Å². The zero-order valence-corrected chi connectivity index (χ0v) is 11.9. The molecule has 0 spiro atoms. The number of carbonyl (C=O) groups is 1. The average Bonchev–Trinajstić information content (AvgIpc) is 2.98. The second kappa shape index (κ2) is 7.27. The van der Waals surface area contributed by atoms with Crippen LogP contribution in [0.4, 0.5) is 0 Å². The van der Waals surface area contributed by atoms with Crippen molar-refractivity contribution < 1.29 is 4.79 Å². The van der Waals surface area contributed by atoms with E-state index < -0.39 is 0 Å².